The van der Waals surface area contributed by atoms with E-state index < -0.39 is 6.09 Å². The molecule has 0 heterocycles. The molecule has 2 aromatic carbocycles. The van der Waals surface area contributed by atoms with Crippen LogP contribution < -0.4 is 11.1 Å². The third-order valence-electron chi connectivity index (χ3n) is 3.27. The maximum absolute atomic E-state index is 11.6. The van der Waals surface area contributed by atoms with Crippen molar-refractivity contribution < 1.29 is 9.53 Å². The van der Waals surface area contributed by atoms with Gasteiger partial charge in [0.1, 0.15) is 11.6 Å². The Morgan fingerprint density at radius 1 is 1.17 bits per heavy atom. The maximum atomic E-state index is 11.6. The van der Waals surface area contributed by atoms with Crippen molar-refractivity contribution >= 4 is 29.4 Å². The van der Waals surface area contributed by atoms with Crippen molar-refractivity contribution in [2.45, 2.75) is 13.0 Å². The van der Waals surface area contributed by atoms with Gasteiger partial charge in [-0.25, -0.2) is 4.79 Å². The van der Waals surface area contributed by atoms with Gasteiger partial charge >= 0.3 is 6.09 Å². The van der Waals surface area contributed by atoms with E-state index in [0.29, 0.717) is 18.0 Å². The van der Waals surface area contributed by atoms with Crippen LogP contribution in [0.5, 0.6) is 0 Å². The molecule has 0 spiro atoms. The largest absolute Gasteiger partial charge is 0.445 e. The van der Waals surface area contributed by atoms with E-state index in [0.717, 1.165) is 16.7 Å². The lowest BCUT2D eigenvalue weighted by Gasteiger charge is -2.06. The number of alkyl carbamates (subject to hydrolysis) is 1. The molecule has 124 valence electrons. The summed E-state index contributed by atoms with van der Waals surface area (Å²) in [5.74, 6) is 0. The fourth-order valence-electron chi connectivity index (χ4n) is 2.05. The highest BCUT2D eigenvalue weighted by molar-refractivity contribution is 7.80. The number of ether oxygens (including phenoxy) is 1. The highest BCUT2D eigenvalue weighted by Crippen LogP contribution is 2.07. The van der Waals surface area contributed by atoms with Gasteiger partial charge < -0.3 is 15.8 Å². The van der Waals surface area contributed by atoms with Crippen LogP contribution in [0.15, 0.2) is 60.7 Å². The Labute approximate surface area is 147 Å². The van der Waals surface area contributed by atoms with Gasteiger partial charge in [0, 0.05) is 12.1 Å². The molecule has 0 aliphatic heterocycles. The Balaban J connectivity index is 1.68. The second-order valence-electron chi connectivity index (χ2n) is 5.17. The minimum Gasteiger partial charge on any atom is -0.445 e. The van der Waals surface area contributed by atoms with E-state index in [1.165, 1.54) is 0 Å². The molecule has 0 aromatic heterocycles. The number of amides is 1. The van der Waals surface area contributed by atoms with Gasteiger partial charge in [0.15, 0.2) is 0 Å². The van der Waals surface area contributed by atoms with E-state index in [1.54, 1.807) is 0 Å². The number of hydrogen-bond donors (Lipinski definition) is 2. The molecule has 1 amide bonds. The van der Waals surface area contributed by atoms with Gasteiger partial charge in [-0.3, -0.25) is 0 Å². The molecule has 0 radical (unpaired) electrons. The van der Waals surface area contributed by atoms with Crippen LogP contribution >= 0.6 is 12.2 Å². The normalized spacial score (nSPS) is 10.5. The molecule has 0 unspecified atom stereocenters. The molecule has 0 atom stereocenters. The fourth-order valence-corrected chi connectivity index (χ4v) is 2.17. The first kappa shape index (κ1) is 17.7. The molecule has 2 rings (SSSR count). The van der Waals surface area contributed by atoms with Crippen molar-refractivity contribution in [2.75, 3.05) is 6.54 Å². The summed E-state index contributed by atoms with van der Waals surface area (Å²) < 4.78 is 5.13. The average molecular weight is 340 g/mol. The lowest BCUT2D eigenvalue weighted by Crippen LogP contribution is -2.24. The number of carbonyl (C=O) groups excluding carboxylic acids is 1. The zero-order chi connectivity index (χ0) is 17.2. The summed E-state index contributed by atoms with van der Waals surface area (Å²) in [6.07, 6.45) is 4.25. The van der Waals surface area contributed by atoms with Crippen molar-refractivity contribution in [3.63, 3.8) is 0 Å². The number of carbonyl (C=O) groups is 1. The van der Waals surface area contributed by atoms with Gasteiger partial charge in [-0.05, 0) is 23.6 Å². The monoisotopic (exact) mass is 340 g/mol. The topological polar surface area (TPSA) is 64.3 Å². The van der Waals surface area contributed by atoms with Crippen LogP contribution in [0.2, 0.25) is 0 Å². The van der Waals surface area contributed by atoms with E-state index in [9.17, 15) is 4.79 Å². The summed E-state index contributed by atoms with van der Waals surface area (Å²) in [6, 6.07) is 17.3. The lowest BCUT2D eigenvalue weighted by atomic mass is 10.1. The smallest absolute Gasteiger partial charge is 0.407 e. The summed E-state index contributed by atoms with van der Waals surface area (Å²) in [6.45, 7) is 0.785. The number of hydrogen-bond acceptors (Lipinski definition) is 3. The molecule has 0 saturated carbocycles. The van der Waals surface area contributed by atoms with Crippen molar-refractivity contribution in [3.8, 4) is 0 Å². The van der Waals surface area contributed by atoms with Crippen LogP contribution in [0.1, 0.15) is 23.1 Å². The molecular formula is C19H20N2O2S. The van der Waals surface area contributed by atoms with Crippen LogP contribution in [-0.2, 0) is 11.3 Å². The van der Waals surface area contributed by atoms with E-state index in [4.69, 9.17) is 22.7 Å². The number of nitrogens with one attached hydrogen (secondary N) is 1. The Bertz CT molecular complexity index is 714. The van der Waals surface area contributed by atoms with Crippen molar-refractivity contribution in [1.82, 2.24) is 5.32 Å². The van der Waals surface area contributed by atoms with Gasteiger partial charge in [0.25, 0.3) is 0 Å². The van der Waals surface area contributed by atoms with Gasteiger partial charge in [-0.1, -0.05) is 72.9 Å². The predicted octanol–water partition coefficient (Wildman–Crippen LogP) is 3.65. The second-order valence-corrected chi connectivity index (χ2v) is 5.61. The molecule has 0 saturated heterocycles. The van der Waals surface area contributed by atoms with Crippen LogP contribution in [-0.4, -0.2) is 17.6 Å². The molecule has 0 aliphatic rings. The average Bonchev–Trinajstić information content (AvgIpc) is 2.61. The molecule has 0 bridgehead atoms. The standard InChI is InChI=1S/C19H20N2O2S/c20-18(24)17-11-6-10-15(13-17)7-4-5-12-21-19(22)23-14-16-8-2-1-3-9-16/h1-4,6-11,13H,5,12,14H2,(H2,20,24)(H,21,22). The first-order valence-corrected chi connectivity index (χ1v) is 8.07. The molecule has 0 aliphatic carbocycles. The van der Waals surface area contributed by atoms with Gasteiger partial charge in [-0.2, -0.15) is 0 Å². The molecular weight excluding hydrogens is 320 g/mol. The quantitative estimate of drug-likeness (QED) is 0.596. The minimum absolute atomic E-state index is 0.272. The molecule has 5 heteroatoms. The minimum atomic E-state index is -0.414. The number of thiocarbonyl (C=S) groups is 1. The van der Waals surface area contributed by atoms with Crippen LogP contribution in [0, 0.1) is 0 Å². The number of nitrogens with two attached hydrogens (primary N) is 1. The summed E-state index contributed by atoms with van der Waals surface area (Å²) in [5, 5.41) is 2.72. The number of benzene rings is 2. The molecule has 0 fully saturated rings. The van der Waals surface area contributed by atoms with E-state index in [1.807, 2.05) is 66.7 Å². The third-order valence-corrected chi connectivity index (χ3v) is 3.51. The Hall–Kier alpha value is -2.66. The molecule has 2 aromatic rings. The molecule has 4 nitrogen and oxygen atoms in total. The second kappa shape index (κ2) is 9.47. The summed E-state index contributed by atoms with van der Waals surface area (Å²) in [5.41, 5.74) is 8.43. The Morgan fingerprint density at radius 2 is 1.96 bits per heavy atom. The zero-order valence-electron chi connectivity index (χ0n) is 13.3. The van der Waals surface area contributed by atoms with Crippen LogP contribution in [0.25, 0.3) is 6.08 Å². The lowest BCUT2D eigenvalue weighted by molar-refractivity contribution is 0.140. The molecule has 3 N–H and O–H groups in total. The highest BCUT2D eigenvalue weighted by Gasteiger charge is 2.00. The predicted molar refractivity (Wildman–Crippen MR) is 101 cm³/mol. The van der Waals surface area contributed by atoms with Gasteiger partial charge in [-0.15, -0.1) is 0 Å². The zero-order valence-corrected chi connectivity index (χ0v) is 14.1. The van der Waals surface area contributed by atoms with Gasteiger partial charge in [0.05, 0.1) is 0 Å². The summed E-state index contributed by atoms with van der Waals surface area (Å²) in [4.78, 5) is 12.0. The maximum Gasteiger partial charge on any atom is 0.407 e. The van der Waals surface area contributed by atoms with Crippen molar-refractivity contribution in [3.05, 3.63) is 77.4 Å². The van der Waals surface area contributed by atoms with E-state index in [2.05, 4.69) is 5.32 Å². The summed E-state index contributed by atoms with van der Waals surface area (Å²) >= 11 is 4.96. The van der Waals surface area contributed by atoms with E-state index in [-0.39, 0.29) is 6.61 Å². The van der Waals surface area contributed by atoms with Crippen molar-refractivity contribution in [1.29, 1.82) is 0 Å². The number of rotatable bonds is 7. The molecule has 24 heavy (non-hydrogen) atoms. The van der Waals surface area contributed by atoms with Crippen molar-refractivity contribution in [2.24, 2.45) is 5.73 Å². The summed E-state index contributed by atoms with van der Waals surface area (Å²) in [7, 11) is 0. The Morgan fingerprint density at radius 3 is 2.71 bits per heavy atom. The third kappa shape index (κ3) is 6.22. The fraction of sp³-hybridized carbons (Fsp3) is 0.158. The van der Waals surface area contributed by atoms with E-state index >= 15 is 0 Å². The first-order valence-electron chi connectivity index (χ1n) is 7.66. The highest BCUT2D eigenvalue weighted by atomic mass is 32.1. The van der Waals surface area contributed by atoms with Crippen LogP contribution in [0.3, 0.4) is 0 Å². The first-order chi connectivity index (χ1) is 11.6. The SMILES string of the molecule is NC(=S)c1cccc(C=CCCNC(=O)OCc2ccccc2)c1. The Kier molecular flexibility index (Phi) is 6.98. The van der Waals surface area contributed by atoms with Crippen LogP contribution in [0.4, 0.5) is 4.79 Å². The van der Waals surface area contributed by atoms with Gasteiger partial charge in [0.2, 0.25) is 0 Å².